The third kappa shape index (κ3) is 4.05. The van der Waals surface area contributed by atoms with E-state index in [1.54, 1.807) is 24.3 Å². The van der Waals surface area contributed by atoms with Crippen LogP contribution in [0.2, 0.25) is 0 Å². The zero-order valence-electron chi connectivity index (χ0n) is 15.7. The van der Waals surface area contributed by atoms with Crippen LogP contribution < -0.4 is 14.4 Å². The van der Waals surface area contributed by atoms with Gasteiger partial charge in [0.05, 0.1) is 5.69 Å². The van der Waals surface area contributed by atoms with Crippen molar-refractivity contribution in [1.29, 1.82) is 0 Å². The minimum absolute atomic E-state index is 0.148. The number of carbonyl (C=O) groups is 3. The van der Waals surface area contributed by atoms with Gasteiger partial charge in [-0.2, -0.15) is 0 Å². The normalized spacial score (nSPS) is 12.7. The predicted molar refractivity (Wildman–Crippen MR) is 106 cm³/mol. The van der Waals surface area contributed by atoms with E-state index in [4.69, 9.17) is 9.47 Å². The zero-order chi connectivity index (χ0) is 21.1. The van der Waals surface area contributed by atoms with Crippen molar-refractivity contribution in [1.82, 2.24) is 0 Å². The molecule has 0 radical (unpaired) electrons. The molecule has 30 heavy (non-hydrogen) atoms. The van der Waals surface area contributed by atoms with Crippen molar-refractivity contribution >= 4 is 23.3 Å². The molecule has 150 valence electrons. The number of benzene rings is 3. The summed E-state index contributed by atoms with van der Waals surface area (Å²) in [7, 11) is 0. The minimum Gasteiger partial charge on any atom is -0.482 e. The van der Waals surface area contributed by atoms with Crippen LogP contribution in [-0.2, 0) is 9.59 Å². The summed E-state index contributed by atoms with van der Waals surface area (Å²) >= 11 is 0. The highest BCUT2D eigenvalue weighted by Gasteiger charge is 2.27. The largest absolute Gasteiger partial charge is 0.482 e. The molecule has 6 nitrogen and oxygen atoms in total. The number of esters is 1. The second-order valence-electron chi connectivity index (χ2n) is 6.57. The van der Waals surface area contributed by atoms with E-state index >= 15 is 0 Å². The van der Waals surface area contributed by atoms with E-state index in [1.807, 2.05) is 0 Å². The average Bonchev–Trinajstić information content (AvgIpc) is 2.76. The maximum Gasteiger partial charge on any atom is 0.331 e. The molecule has 1 amide bonds. The molecule has 0 aliphatic carbocycles. The van der Waals surface area contributed by atoms with Gasteiger partial charge in [-0.25, -0.2) is 9.18 Å². The number of hydrogen-bond acceptors (Lipinski definition) is 5. The first-order valence-electron chi connectivity index (χ1n) is 9.14. The number of para-hydroxylation sites is 2. The Morgan fingerprint density at radius 2 is 1.57 bits per heavy atom. The van der Waals surface area contributed by atoms with E-state index in [-0.39, 0.29) is 30.6 Å². The van der Waals surface area contributed by atoms with Gasteiger partial charge in [0.15, 0.2) is 12.4 Å². The average molecular weight is 405 g/mol. The molecule has 1 heterocycles. The van der Waals surface area contributed by atoms with Crippen molar-refractivity contribution in [3.05, 3.63) is 89.7 Å². The second kappa shape index (κ2) is 8.16. The molecule has 0 bridgehead atoms. The molecule has 0 fully saturated rings. The van der Waals surface area contributed by atoms with Gasteiger partial charge >= 0.3 is 5.97 Å². The molecule has 0 saturated heterocycles. The number of halogens is 1. The van der Waals surface area contributed by atoms with Crippen LogP contribution >= 0.6 is 0 Å². The number of hydrogen-bond donors (Lipinski definition) is 0. The molecule has 0 aromatic heterocycles. The van der Waals surface area contributed by atoms with Crippen LogP contribution in [0.4, 0.5) is 10.1 Å². The van der Waals surface area contributed by atoms with Crippen LogP contribution in [0.1, 0.15) is 15.9 Å². The summed E-state index contributed by atoms with van der Waals surface area (Å²) in [6, 6.07) is 18.2. The molecule has 0 spiro atoms. The van der Waals surface area contributed by atoms with Crippen molar-refractivity contribution in [2.45, 2.75) is 0 Å². The van der Waals surface area contributed by atoms with Crippen LogP contribution in [-0.4, -0.2) is 30.8 Å². The summed E-state index contributed by atoms with van der Waals surface area (Å²) in [4.78, 5) is 38.2. The van der Waals surface area contributed by atoms with E-state index in [1.165, 1.54) is 53.4 Å². The summed E-state index contributed by atoms with van der Waals surface area (Å²) in [5.41, 5.74) is 1.23. The molecular formula is C23H16FNO5. The summed E-state index contributed by atoms with van der Waals surface area (Å²) in [6.07, 6.45) is 0. The highest BCUT2D eigenvalue weighted by Crippen LogP contribution is 2.31. The van der Waals surface area contributed by atoms with E-state index in [2.05, 4.69) is 0 Å². The smallest absolute Gasteiger partial charge is 0.331 e. The number of nitrogens with zero attached hydrogens (tertiary/aromatic N) is 1. The van der Waals surface area contributed by atoms with Crippen molar-refractivity contribution in [3.63, 3.8) is 0 Å². The Morgan fingerprint density at radius 1 is 0.933 bits per heavy atom. The quantitative estimate of drug-likeness (QED) is 0.370. The Morgan fingerprint density at radius 3 is 2.27 bits per heavy atom. The lowest BCUT2D eigenvalue weighted by atomic mass is 10.0. The van der Waals surface area contributed by atoms with Crippen LogP contribution in [0.5, 0.6) is 11.5 Å². The first kappa shape index (κ1) is 19.3. The van der Waals surface area contributed by atoms with Gasteiger partial charge in [-0.3, -0.25) is 14.5 Å². The predicted octanol–water partition coefficient (Wildman–Crippen LogP) is 3.39. The fraction of sp³-hybridized carbons (Fsp3) is 0.0870. The molecule has 0 N–H and O–H groups in total. The van der Waals surface area contributed by atoms with Crippen molar-refractivity contribution in [2.75, 3.05) is 18.1 Å². The van der Waals surface area contributed by atoms with E-state index in [0.717, 1.165) is 0 Å². The lowest BCUT2D eigenvalue weighted by molar-refractivity contribution is -0.134. The lowest BCUT2D eigenvalue weighted by Crippen LogP contribution is -2.43. The number of ketones is 1. The summed E-state index contributed by atoms with van der Waals surface area (Å²) in [5.74, 6) is -0.902. The first-order chi connectivity index (χ1) is 14.5. The van der Waals surface area contributed by atoms with E-state index < -0.39 is 11.8 Å². The molecule has 3 aromatic carbocycles. The third-order valence-corrected chi connectivity index (χ3v) is 4.55. The summed E-state index contributed by atoms with van der Waals surface area (Å²) in [5, 5.41) is 0. The number of carbonyl (C=O) groups excluding carboxylic acids is 3. The Bertz CT molecular complexity index is 1110. The number of amides is 1. The highest BCUT2D eigenvalue weighted by atomic mass is 19.1. The van der Waals surface area contributed by atoms with Gasteiger partial charge in [0, 0.05) is 11.1 Å². The topological polar surface area (TPSA) is 72.9 Å². The van der Waals surface area contributed by atoms with Crippen LogP contribution in [0.15, 0.2) is 72.8 Å². The minimum atomic E-state index is -0.627. The zero-order valence-corrected chi connectivity index (χ0v) is 15.7. The van der Waals surface area contributed by atoms with E-state index in [9.17, 15) is 18.8 Å². The fourth-order valence-electron chi connectivity index (χ4n) is 3.06. The number of anilines is 1. The standard InChI is InChI=1S/C23H16FNO5/c24-17-9-5-15(6-10-17)23(28)16-7-11-18(12-8-16)30-22(27)13-25-19-3-1-2-4-20(19)29-14-21(25)26/h1-12H,13-14H2. The molecule has 4 rings (SSSR count). The monoisotopic (exact) mass is 405 g/mol. The molecule has 3 aromatic rings. The lowest BCUT2D eigenvalue weighted by Gasteiger charge is -2.28. The van der Waals surface area contributed by atoms with Gasteiger partial charge in [0.25, 0.3) is 5.91 Å². The third-order valence-electron chi connectivity index (χ3n) is 4.55. The fourth-order valence-corrected chi connectivity index (χ4v) is 3.06. The summed E-state index contributed by atoms with van der Waals surface area (Å²) in [6.45, 7) is -0.417. The second-order valence-corrected chi connectivity index (χ2v) is 6.57. The van der Waals surface area contributed by atoms with Crippen LogP contribution in [0.25, 0.3) is 0 Å². The highest BCUT2D eigenvalue weighted by molar-refractivity contribution is 6.09. The van der Waals surface area contributed by atoms with Gasteiger partial charge in [-0.05, 0) is 60.7 Å². The van der Waals surface area contributed by atoms with Crippen molar-refractivity contribution < 1.29 is 28.2 Å². The summed E-state index contributed by atoms with van der Waals surface area (Å²) < 4.78 is 23.7. The van der Waals surface area contributed by atoms with Gasteiger partial charge in [0.1, 0.15) is 23.9 Å². The molecule has 1 aliphatic heterocycles. The SMILES string of the molecule is O=C(CN1C(=O)COc2ccccc21)Oc1ccc(C(=O)c2ccc(F)cc2)cc1. The Kier molecular flexibility index (Phi) is 5.26. The van der Waals surface area contributed by atoms with Crippen molar-refractivity contribution in [2.24, 2.45) is 0 Å². The Hall–Kier alpha value is -4.00. The number of fused-ring (bicyclic) bond motifs is 1. The Labute approximate surface area is 171 Å². The molecule has 0 atom stereocenters. The van der Waals surface area contributed by atoms with Gasteiger partial charge < -0.3 is 9.47 Å². The molecule has 0 saturated carbocycles. The van der Waals surface area contributed by atoms with Crippen molar-refractivity contribution in [3.8, 4) is 11.5 Å². The molecular weight excluding hydrogens is 389 g/mol. The molecule has 1 aliphatic rings. The molecule has 7 heteroatoms. The van der Waals surface area contributed by atoms with Gasteiger partial charge in [-0.1, -0.05) is 12.1 Å². The number of rotatable bonds is 5. The number of ether oxygens (including phenoxy) is 2. The Balaban J connectivity index is 1.42. The van der Waals surface area contributed by atoms with Gasteiger partial charge in [0.2, 0.25) is 0 Å². The van der Waals surface area contributed by atoms with Crippen LogP contribution in [0, 0.1) is 5.82 Å². The van der Waals surface area contributed by atoms with E-state index in [0.29, 0.717) is 22.6 Å². The maximum absolute atomic E-state index is 13.0. The van der Waals surface area contributed by atoms with Crippen LogP contribution in [0.3, 0.4) is 0 Å². The molecule has 0 unspecified atom stereocenters. The van der Waals surface area contributed by atoms with Gasteiger partial charge in [-0.15, -0.1) is 0 Å². The first-order valence-corrected chi connectivity index (χ1v) is 9.14. The maximum atomic E-state index is 13.0.